The zero-order valence-electron chi connectivity index (χ0n) is 10.3. The van der Waals surface area contributed by atoms with Crippen LogP contribution in [-0.4, -0.2) is 11.6 Å². The summed E-state index contributed by atoms with van der Waals surface area (Å²) < 4.78 is 0. The van der Waals surface area contributed by atoms with Crippen LogP contribution in [0.25, 0.3) is 0 Å². The third-order valence-electron chi connectivity index (χ3n) is 3.38. The third-order valence-corrected chi connectivity index (χ3v) is 3.62. The smallest absolute Gasteiger partial charge is 0.0743 e. The molecule has 1 aliphatic rings. The minimum atomic E-state index is -0.204. The largest absolute Gasteiger partial charge is 0.299 e. The van der Waals surface area contributed by atoms with Gasteiger partial charge in [0.2, 0.25) is 0 Å². The molecule has 1 saturated carbocycles. The van der Waals surface area contributed by atoms with Crippen molar-refractivity contribution >= 4 is 11.6 Å². The molecule has 2 heteroatoms. The van der Waals surface area contributed by atoms with Gasteiger partial charge in [0.1, 0.15) is 0 Å². The highest BCUT2D eigenvalue weighted by Crippen LogP contribution is 2.38. The molecule has 0 radical (unpaired) electrons. The zero-order valence-corrected chi connectivity index (χ0v) is 11.1. The molecule has 1 fully saturated rings. The highest BCUT2D eigenvalue weighted by atomic mass is 35.5. The monoisotopic (exact) mass is 247 g/mol. The normalized spacial score (nSPS) is 23.9. The summed E-state index contributed by atoms with van der Waals surface area (Å²) in [6.07, 6.45) is 7.76. The second-order valence-electron chi connectivity index (χ2n) is 5.33. The van der Waals surface area contributed by atoms with Gasteiger partial charge in [-0.05, 0) is 50.3 Å². The van der Waals surface area contributed by atoms with Gasteiger partial charge in [0.15, 0.2) is 0 Å². The molecule has 0 saturated heterocycles. The van der Waals surface area contributed by atoms with Crippen LogP contribution in [-0.2, 0) is 0 Å². The van der Waals surface area contributed by atoms with Crippen LogP contribution in [0.15, 0.2) is 24.3 Å². The lowest BCUT2D eigenvalue weighted by Gasteiger charge is -2.40. The Bertz CT molecular complexity index is 438. The number of benzene rings is 1. The van der Waals surface area contributed by atoms with E-state index < -0.39 is 0 Å². The van der Waals surface area contributed by atoms with Crippen LogP contribution in [0.3, 0.4) is 0 Å². The summed E-state index contributed by atoms with van der Waals surface area (Å²) in [5, 5.41) is 4.31. The molecule has 0 aromatic heterocycles. The van der Waals surface area contributed by atoms with Crippen molar-refractivity contribution in [2.45, 2.75) is 44.2 Å². The van der Waals surface area contributed by atoms with E-state index in [-0.39, 0.29) is 5.54 Å². The Morgan fingerprint density at radius 3 is 2.71 bits per heavy atom. The molecule has 2 rings (SSSR count). The predicted octanol–water partition coefficient (Wildman–Crippen LogP) is 3.59. The van der Waals surface area contributed by atoms with E-state index in [9.17, 15) is 0 Å². The van der Waals surface area contributed by atoms with E-state index in [0.717, 1.165) is 17.9 Å². The molecule has 17 heavy (non-hydrogen) atoms. The van der Waals surface area contributed by atoms with Gasteiger partial charge < -0.3 is 0 Å². The topological polar surface area (TPSA) is 12.0 Å². The van der Waals surface area contributed by atoms with E-state index >= 15 is 0 Å². The van der Waals surface area contributed by atoms with Crippen LogP contribution in [0.4, 0.5) is 0 Å². The summed E-state index contributed by atoms with van der Waals surface area (Å²) in [5.74, 6) is 3.40. The molecule has 0 unspecified atom stereocenters. The summed E-state index contributed by atoms with van der Waals surface area (Å²) in [7, 11) is 0. The van der Waals surface area contributed by atoms with E-state index in [2.05, 4.69) is 23.4 Å². The first-order valence-electron chi connectivity index (χ1n) is 6.01. The molecule has 1 N–H and O–H groups in total. The van der Waals surface area contributed by atoms with Gasteiger partial charge in [0.05, 0.1) is 5.54 Å². The number of hydrogen-bond acceptors (Lipinski definition) is 1. The van der Waals surface area contributed by atoms with Crippen LogP contribution < -0.4 is 5.32 Å². The van der Waals surface area contributed by atoms with Crippen molar-refractivity contribution in [1.29, 1.82) is 0 Å². The molecule has 90 valence electrons. The predicted molar refractivity (Wildman–Crippen MR) is 73.3 cm³/mol. The van der Waals surface area contributed by atoms with Gasteiger partial charge in [0, 0.05) is 11.1 Å². The average Bonchev–Trinajstić information content (AvgIpc) is 2.23. The maximum Gasteiger partial charge on any atom is 0.0743 e. The standard InChI is InChI=1S/C15H18ClN/c1-4-15(2,3)17-14-9-12(10-14)11-6-5-7-13(16)8-11/h1,5-8,12,14,17H,9-10H2,2-3H3. The van der Waals surface area contributed by atoms with Crippen molar-refractivity contribution in [3.63, 3.8) is 0 Å². The fourth-order valence-electron chi connectivity index (χ4n) is 2.32. The number of halogens is 1. The lowest BCUT2D eigenvalue weighted by atomic mass is 9.75. The van der Waals surface area contributed by atoms with Gasteiger partial charge in [0.25, 0.3) is 0 Å². The molecule has 0 aliphatic heterocycles. The lowest BCUT2D eigenvalue weighted by Crippen LogP contribution is -2.50. The van der Waals surface area contributed by atoms with Crippen molar-refractivity contribution in [3.05, 3.63) is 34.9 Å². The second-order valence-corrected chi connectivity index (χ2v) is 5.77. The summed E-state index contributed by atoms with van der Waals surface area (Å²) >= 11 is 5.99. The van der Waals surface area contributed by atoms with E-state index in [0.29, 0.717) is 12.0 Å². The highest BCUT2D eigenvalue weighted by molar-refractivity contribution is 6.30. The minimum Gasteiger partial charge on any atom is -0.299 e. The zero-order chi connectivity index (χ0) is 12.5. The van der Waals surface area contributed by atoms with Crippen LogP contribution in [0.2, 0.25) is 5.02 Å². The summed E-state index contributed by atoms with van der Waals surface area (Å²) in [5.41, 5.74) is 1.14. The molecule has 0 atom stereocenters. The fraction of sp³-hybridized carbons (Fsp3) is 0.467. The van der Waals surface area contributed by atoms with Gasteiger partial charge in [-0.2, -0.15) is 0 Å². The lowest BCUT2D eigenvalue weighted by molar-refractivity contribution is 0.253. The van der Waals surface area contributed by atoms with E-state index in [1.165, 1.54) is 5.56 Å². The van der Waals surface area contributed by atoms with Gasteiger partial charge >= 0.3 is 0 Å². The first-order valence-corrected chi connectivity index (χ1v) is 6.39. The summed E-state index contributed by atoms with van der Waals surface area (Å²) in [6.45, 7) is 4.08. The SMILES string of the molecule is C#CC(C)(C)NC1CC(c2cccc(Cl)c2)C1. The maximum absolute atomic E-state index is 5.99. The molecule has 0 heterocycles. The van der Waals surface area contributed by atoms with Crippen molar-refractivity contribution in [2.75, 3.05) is 0 Å². The Hall–Kier alpha value is -0.970. The number of nitrogens with one attached hydrogen (secondary N) is 1. The second kappa shape index (κ2) is 4.72. The van der Waals surface area contributed by atoms with Crippen molar-refractivity contribution < 1.29 is 0 Å². The molecule has 0 bridgehead atoms. The van der Waals surface area contributed by atoms with Crippen molar-refractivity contribution in [3.8, 4) is 12.3 Å². The molecule has 1 aromatic carbocycles. The van der Waals surface area contributed by atoms with Crippen LogP contribution in [0, 0.1) is 12.3 Å². The van der Waals surface area contributed by atoms with Crippen molar-refractivity contribution in [1.82, 2.24) is 5.32 Å². The third kappa shape index (κ3) is 3.03. The Labute approximate surface area is 109 Å². The van der Waals surface area contributed by atoms with Crippen LogP contribution in [0.1, 0.15) is 38.2 Å². The number of terminal acetylenes is 1. The van der Waals surface area contributed by atoms with Crippen LogP contribution in [0.5, 0.6) is 0 Å². The Balaban J connectivity index is 1.90. The molecule has 1 nitrogen and oxygen atoms in total. The van der Waals surface area contributed by atoms with Gasteiger partial charge in [-0.15, -0.1) is 6.42 Å². The van der Waals surface area contributed by atoms with E-state index in [1.54, 1.807) is 0 Å². The van der Waals surface area contributed by atoms with Crippen molar-refractivity contribution in [2.24, 2.45) is 0 Å². The van der Waals surface area contributed by atoms with E-state index in [4.69, 9.17) is 18.0 Å². The summed E-state index contributed by atoms with van der Waals surface area (Å²) in [6, 6.07) is 8.68. The van der Waals surface area contributed by atoms with Gasteiger partial charge in [-0.1, -0.05) is 29.7 Å². The molecule has 0 spiro atoms. The quantitative estimate of drug-likeness (QED) is 0.805. The first kappa shape index (κ1) is 12.5. The number of hydrogen-bond donors (Lipinski definition) is 1. The number of rotatable bonds is 3. The molecule has 1 aliphatic carbocycles. The van der Waals surface area contributed by atoms with Gasteiger partial charge in [-0.25, -0.2) is 0 Å². The van der Waals surface area contributed by atoms with E-state index in [1.807, 2.05) is 26.0 Å². The fourth-order valence-corrected chi connectivity index (χ4v) is 2.52. The Morgan fingerprint density at radius 1 is 1.41 bits per heavy atom. The molecule has 1 aromatic rings. The summed E-state index contributed by atoms with van der Waals surface area (Å²) in [4.78, 5) is 0. The highest BCUT2D eigenvalue weighted by Gasteiger charge is 2.33. The molecular formula is C15H18ClN. The minimum absolute atomic E-state index is 0.204. The maximum atomic E-state index is 5.99. The van der Waals surface area contributed by atoms with Crippen LogP contribution >= 0.6 is 11.6 Å². The molecule has 0 amide bonds. The average molecular weight is 248 g/mol. The van der Waals surface area contributed by atoms with Gasteiger partial charge in [-0.3, -0.25) is 5.32 Å². The first-order chi connectivity index (χ1) is 8.00. The Morgan fingerprint density at radius 2 is 2.12 bits per heavy atom. The molecular weight excluding hydrogens is 230 g/mol. The Kier molecular flexibility index (Phi) is 3.47.